The van der Waals surface area contributed by atoms with Crippen LogP contribution in [0.3, 0.4) is 0 Å². The van der Waals surface area contributed by atoms with Gasteiger partial charge in [-0.25, -0.2) is 0 Å². The van der Waals surface area contributed by atoms with Gasteiger partial charge < -0.3 is 10.1 Å². The second-order valence-corrected chi connectivity index (χ2v) is 4.40. The summed E-state index contributed by atoms with van der Waals surface area (Å²) in [6, 6.07) is 4.44. The lowest BCUT2D eigenvalue weighted by Crippen LogP contribution is -2.14. The summed E-state index contributed by atoms with van der Waals surface area (Å²) in [6.45, 7) is 3.08. The number of benzene rings is 1. The zero-order valence-electron chi connectivity index (χ0n) is 9.14. The van der Waals surface area contributed by atoms with Crippen molar-refractivity contribution in [2.45, 2.75) is 25.8 Å². The highest BCUT2D eigenvalue weighted by Gasteiger charge is 2.20. The van der Waals surface area contributed by atoms with E-state index in [0.29, 0.717) is 6.04 Å². The second-order valence-electron chi connectivity index (χ2n) is 3.99. The first-order chi connectivity index (χ1) is 7.22. The second kappa shape index (κ2) is 4.42. The SMILES string of the molecule is COc1cc(C)c(Cl)cc1[C@@H]1CCCN1. The van der Waals surface area contributed by atoms with Crippen molar-refractivity contribution in [2.75, 3.05) is 13.7 Å². The monoisotopic (exact) mass is 225 g/mol. The lowest BCUT2D eigenvalue weighted by atomic mass is 10.0. The van der Waals surface area contributed by atoms with Crippen LogP contribution in [0.2, 0.25) is 5.02 Å². The maximum Gasteiger partial charge on any atom is 0.124 e. The molecule has 0 amide bonds. The molecule has 1 saturated heterocycles. The van der Waals surface area contributed by atoms with Gasteiger partial charge in [0.2, 0.25) is 0 Å². The van der Waals surface area contributed by atoms with Gasteiger partial charge in [-0.1, -0.05) is 11.6 Å². The van der Waals surface area contributed by atoms with Crippen molar-refractivity contribution in [3.63, 3.8) is 0 Å². The molecule has 1 atom stereocenters. The van der Waals surface area contributed by atoms with Gasteiger partial charge in [0.05, 0.1) is 7.11 Å². The van der Waals surface area contributed by atoms with E-state index < -0.39 is 0 Å². The number of halogens is 1. The molecule has 0 aromatic heterocycles. The van der Waals surface area contributed by atoms with Gasteiger partial charge >= 0.3 is 0 Å². The molecule has 82 valence electrons. The molecule has 0 unspecified atom stereocenters. The predicted octanol–water partition coefficient (Wildman–Crippen LogP) is 3.08. The molecule has 1 fully saturated rings. The maximum atomic E-state index is 6.14. The molecule has 0 spiro atoms. The minimum atomic E-state index is 0.401. The van der Waals surface area contributed by atoms with E-state index in [0.717, 1.165) is 29.3 Å². The van der Waals surface area contributed by atoms with E-state index in [2.05, 4.69) is 5.32 Å². The van der Waals surface area contributed by atoms with E-state index >= 15 is 0 Å². The number of hydrogen-bond acceptors (Lipinski definition) is 2. The molecule has 0 aliphatic carbocycles. The standard InChI is InChI=1S/C12H16ClNO/c1-8-6-12(15-2)9(7-10(8)13)11-4-3-5-14-11/h6-7,11,14H,3-5H2,1-2H3/t11-/m0/s1. The number of nitrogens with one attached hydrogen (secondary N) is 1. The van der Waals surface area contributed by atoms with Gasteiger partial charge in [0.15, 0.2) is 0 Å². The van der Waals surface area contributed by atoms with Crippen LogP contribution in [-0.2, 0) is 0 Å². The van der Waals surface area contributed by atoms with Crippen molar-refractivity contribution in [3.05, 3.63) is 28.3 Å². The van der Waals surface area contributed by atoms with E-state index in [4.69, 9.17) is 16.3 Å². The van der Waals surface area contributed by atoms with Crippen LogP contribution in [0.25, 0.3) is 0 Å². The molecule has 0 saturated carbocycles. The average molecular weight is 226 g/mol. The number of hydrogen-bond donors (Lipinski definition) is 1. The third-order valence-electron chi connectivity index (χ3n) is 2.95. The Bertz CT molecular complexity index is 359. The molecule has 15 heavy (non-hydrogen) atoms. The van der Waals surface area contributed by atoms with Crippen molar-refractivity contribution in [1.82, 2.24) is 5.32 Å². The molecular weight excluding hydrogens is 210 g/mol. The normalized spacial score (nSPS) is 20.6. The van der Waals surface area contributed by atoms with Crippen molar-refractivity contribution < 1.29 is 4.74 Å². The van der Waals surface area contributed by atoms with Crippen LogP contribution in [0.4, 0.5) is 0 Å². The van der Waals surface area contributed by atoms with Gasteiger partial charge in [0.1, 0.15) is 5.75 Å². The Kier molecular flexibility index (Phi) is 3.17. The van der Waals surface area contributed by atoms with E-state index in [1.165, 1.54) is 12.0 Å². The fraction of sp³-hybridized carbons (Fsp3) is 0.500. The molecule has 1 aliphatic heterocycles. The number of aryl methyl sites for hydroxylation is 1. The summed E-state index contributed by atoms with van der Waals surface area (Å²) >= 11 is 6.14. The first-order valence-corrected chi connectivity index (χ1v) is 5.67. The Hall–Kier alpha value is -0.730. The zero-order chi connectivity index (χ0) is 10.8. The highest BCUT2D eigenvalue weighted by Crippen LogP contribution is 2.34. The first kappa shape index (κ1) is 10.8. The first-order valence-electron chi connectivity index (χ1n) is 5.30. The molecule has 0 radical (unpaired) electrons. The molecule has 1 aromatic rings. The molecule has 1 aromatic carbocycles. The summed E-state index contributed by atoms with van der Waals surface area (Å²) in [7, 11) is 1.71. The van der Waals surface area contributed by atoms with Crippen molar-refractivity contribution in [1.29, 1.82) is 0 Å². The average Bonchev–Trinajstić information content (AvgIpc) is 2.74. The number of methoxy groups -OCH3 is 1. The summed E-state index contributed by atoms with van der Waals surface area (Å²) in [5, 5.41) is 4.27. The highest BCUT2D eigenvalue weighted by molar-refractivity contribution is 6.31. The molecular formula is C12H16ClNO. The topological polar surface area (TPSA) is 21.3 Å². The van der Waals surface area contributed by atoms with Gasteiger partial charge in [0, 0.05) is 16.6 Å². The Labute approximate surface area is 95.6 Å². The van der Waals surface area contributed by atoms with Gasteiger partial charge in [0.25, 0.3) is 0 Å². The van der Waals surface area contributed by atoms with Gasteiger partial charge in [-0.2, -0.15) is 0 Å². The summed E-state index contributed by atoms with van der Waals surface area (Å²) in [6.07, 6.45) is 2.38. The molecule has 2 rings (SSSR count). The molecule has 0 bridgehead atoms. The molecule has 1 aliphatic rings. The Morgan fingerprint density at radius 2 is 2.27 bits per heavy atom. The smallest absolute Gasteiger partial charge is 0.124 e. The fourth-order valence-electron chi connectivity index (χ4n) is 2.07. The van der Waals surface area contributed by atoms with Crippen molar-refractivity contribution in [3.8, 4) is 5.75 Å². The van der Waals surface area contributed by atoms with Crippen LogP contribution in [0.15, 0.2) is 12.1 Å². The van der Waals surface area contributed by atoms with E-state index in [9.17, 15) is 0 Å². The lowest BCUT2D eigenvalue weighted by molar-refractivity contribution is 0.403. The van der Waals surface area contributed by atoms with Crippen molar-refractivity contribution in [2.24, 2.45) is 0 Å². The maximum absolute atomic E-state index is 6.14. The Morgan fingerprint density at radius 1 is 1.47 bits per heavy atom. The Morgan fingerprint density at radius 3 is 2.87 bits per heavy atom. The van der Waals surface area contributed by atoms with Crippen LogP contribution in [0.1, 0.15) is 30.0 Å². The zero-order valence-corrected chi connectivity index (χ0v) is 9.90. The summed E-state index contributed by atoms with van der Waals surface area (Å²) in [4.78, 5) is 0. The molecule has 1 N–H and O–H groups in total. The minimum absolute atomic E-state index is 0.401. The summed E-state index contributed by atoms with van der Waals surface area (Å²) in [5.74, 6) is 0.941. The third kappa shape index (κ3) is 2.11. The van der Waals surface area contributed by atoms with Gasteiger partial charge in [-0.05, 0) is 44.0 Å². The number of rotatable bonds is 2. The summed E-state index contributed by atoms with van der Waals surface area (Å²) < 4.78 is 5.39. The van der Waals surface area contributed by atoms with Gasteiger partial charge in [-0.3, -0.25) is 0 Å². The van der Waals surface area contributed by atoms with E-state index in [1.54, 1.807) is 7.11 Å². The highest BCUT2D eigenvalue weighted by atomic mass is 35.5. The van der Waals surface area contributed by atoms with Gasteiger partial charge in [-0.15, -0.1) is 0 Å². The van der Waals surface area contributed by atoms with Crippen LogP contribution in [0.5, 0.6) is 5.75 Å². The lowest BCUT2D eigenvalue weighted by Gasteiger charge is -2.16. The fourth-order valence-corrected chi connectivity index (χ4v) is 2.24. The quantitative estimate of drug-likeness (QED) is 0.835. The summed E-state index contributed by atoms with van der Waals surface area (Å²) in [5.41, 5.74) is 2.25. The number of ether oxygens (including phenoxy) is 1. The Balaban J connectivity index is 2.39. The van der Waals surface area contributed by atoms with Crippen molar-refractivity contribution >= 4 is 11.6 Å². The van der Waals surface area contributed by atoms with E-state index in [-0.39, 0.29) is 0 Å². The van der Waals surface area contributed by atoms with E-state index in [1.807, 2.05) is 19.1 Å². The van der Waals surface area contributed by atoms with Crippen LogP contribution >= 0.6 is 11.6 Å². The predicted molar refractivity (Wildman–Crippen MR) is 62.7 cm³/mol. The van der Waals surface area contributed by atoms with Crippen LogP contribution in [0, 0.1) is 6.92 Å². The van der Waals surface area contributed by atoms with Crippen LogP contribution in [-0.4, -0.2) is 13.7 Å². The molecule has 3 heteroatoms. The molecule has 2 nitrogen and oxygen atoms in total. The minimum Gasteiger partial charge on any atom is -0.496 e. The third-order valence-corrected chi connectivity index (χ3v) is 3.35. The molecule has 1 heterocycles. The van der Waals surface area contributed by atoms with Crippen LogP contribution < -0.4 is 10.1 Å². The largest absolute Gasteiger partial charge is 0.496 e.